The molecular formula is C20H28N4O4S. The van der Waals surface area contributed by atoms with Crippen LogP contribution < -0.4 is 10.0 Å². The van der Waals surface area contributed by atoms with Gasteiger partial charge >= 0.3 is 6.03 Å². The summed E-state index contributed by atoms with van der Waals surface area (Å²) in [5.41, 5.74) is 1.78. The van der Waals surface area contributed by atoms with Crippen molar-refractivity contribution in [1.29, 1.82) is 0 Å². The van der Waals surface area contributed by atoms with Crippen molar-refractivity contribution in [2.24, 2.45) is 0 Å². The van der Waals surface area contributed by atoms with E-state index in [1.807, 2.05) is 19.1 Å². The van der Waals surface area contributed by atoms with Crippen LogP contribution in [0, 0.1) is 6.92 Å². The topological polar surface area (TPSA) is 94.9 Å². The molecule has 8 nitrogen and oxygen atoms in total. The number of amides is 2. The van der Waals surface area contributed by atoms with E-state index in [1.54, 1.807) is 36.3 Å². The van der Waals surface area contributed by atoms with Gasteiger partial charge in [-0.25, -0.2) is 13.2 Å². The Kier molecular flexibility index (Phi) is 6.81. The number of hydrogen-bond acceptors (Lipinski definition) is 5. The third-order valence-corrected chi connectivity index (χ3v) is 6.41. The van der Waals surface area contributed by atoms with Gasteiger partial charge in [0, 0.05) is 31.9 Å². The van der Waals surface area contributed by atoms with Gasteiger partial charge in [-0.3, -0.25) is 9.62 Å². The first kappa shape index (κ1) is 21.2. The summed E-state index contributed by atoms with van der Waals surface area (Å²) in [4.78, 5) is 16.7. The molecule has 0 saturated carbocycles. The van der Waals surface area contributed by atoms with Crippen LogP contribution >= 0.6 is 0 Å². The lowest BCUT2D eigenvalue weighted by atomic mass is 10.1. The lowest BCUT2D eigenvalue weighted by molar-refractivity contribution is 0.137. The Balaban J connectivity index is 1.57. The van der Waals surface area contributed by atoms with Gasteiger partial charge in [0.15, 0.2) is 0 Å². The fourth-order valence-electron chi connectivity index (χ4n) is 3.30. The number of piperazine rings is 1. The highest BCUT2D eigenvalue weighted by Crippen LogP contribution is 2.25. The maximum Gasteiger partial charge on any atom is 0.321 e. The Bertz CT molecular complexity index is 920. The van der Waals surface area contributed by atoms with Crippen LogP contribution in [0.15, 0.2) is 41.0 Å². The third kappa shape index (κ3) is 5.74. The van der Waals surface area contributed by atoms with E-state index < -0.39 is 10.0 Å². The summed E-state index contributed by atoms with van der Waals surface area (Å²) in [5.74, 6) is 0.978. The second-order valence-electron chi connectivity index (χ2n) is 7.17. The summed E-state index contributed by atoms with van der Waals surface area (Å²) in [6.07, 6.45) is 2.20. The van der Waals surface area contributed by atoms with Crippen molar-refractivity contribution in [3.8, 4) is 0 Å². The molecule has 0 spiro atoms. The average Bonchev–Trinajstić information content (AvgIpc) is 3.18. The van der Waals surface area contributed by atoms with E-state index in [9.17, 15) is 13.2 Å². The molecule has 9 heteroatoms. The normalized spacial score (nSPS) is 15.3. The van der Waals surface area contributed by atoms with Crippen molar-refractivity contribution < 1.29 is 17.6 Å². The summed E-state index contributed by atoms with van der Waals surface area (Å²) < 4.78 is 32.1. The molecule has 0 aliphatic carbocycles. The van der Waals surface area contributed by atoms with Gasteiger partial charge in [-0.05, 0) is 43.2 Å². The van der Waals surface area contributed by atoms with Crippen LogP contribution in [0.25, 0.3) is 0 Å². The van der Waals surface area contributed by atoms with Gasteiger partial charge in [0.1, 0.15) is 5.76 Å². The van der Waals surface area contributed by atoms with Crippen molar-refractivity contribution >= 4 is 27.4 Å². The fourth-order valence-corrected chi connectivity index (χ4v) is 4.49. The quantitative estimate of drug-likeness (QED) is 0.718. The maximum absolute atomic E-state index is 12.7. The minimum Gasteiger partial charge on any atom is -0.468 e. The largest absolute Gasteiger partial charge is 0.468 e. The van der Waals surface area contributed by atoms with Gasteiger partial charge in [0.2, 0.25) is 10.0 Å². The molecule has 1 aromatic heterocycles. The van der Waals surface area contributed by atoms with Crippen molar-refractivity contribution in [3.05, 3.63) is 47.9 Å². The number of furan rings is 1. The van der Waals surface area contributed by atoms with E-state index in [-0.39, 0.29) is 11.8 Å². The Hall–Kier alpha value is -2.52. The molecule has 3 rings (SSSR count). The number of nitrogens with zero attached hydrogens (tertiary/aromatic N) is 2. The standard InChI is InChI=1S/C20H28N4O4S/c1-3-14-29(26,27)22-19-8-4-7-18(16(19)2)21-20(25)24-11-9-23(10-12-24)15-17-6-5-13-28-17/h4-8,13,22H,3,9-12,14-15H2,1-2H3,(H,21,25). The number of rotatable bonds is 7. The lowest BCUT2D eigenvalue weighted by Gasteiger charge is -2.34. The van der Waals surface area contributed by atoms with Crippen LogP contribution in [0.1, 0.15) is 24.7 Å². The Morgan fingerprint density at radius 2 is 1.83 bits per heavy atom. The van der Waals surface area contributed by atoms with Crippen molar-refractivity contribution in [2.45, 2.75) is 26.8 Å². The lowest BCUT2D eigenvalue weighted by Crippen LogP contribution is -2.49. The van der Waals surface area contributed by atoms with Crippen LogP contribution in [0.2, 0.25) is 0 Å². The first-order valence-electron chi connectivity index (χ1n) is 9.78. The van der Waals surface area contributed by atoms with Crippen molar-refractivity contribution in [1.82, 2.24) is 9.80 Å². The number of carbonyl (C=O) groups excluding carboxylic acids is 1. The van der Waals surface area contributed by atoms with Crippen molar-refractivity contribution in [2.75, 3.05) is 42.0 Å². The smallest absolute Gasteiger partial charge is 0.321 e. The van der Waals surface area contributed by atoms with Crippen LogP contribution in [-0.4, -0.2) is 56.2 Å². The highest BCUT2D eigenvalue weighted by Gasteiger charge is 2.22. The monoisotopic (exact) mass is 420 g/mol. The SMILES string of the molecule is CCCS(=O)(=O)Nc1cccc(NC(=O)N2CCN(Cc3ccco3)CC2)c1C. The van der Waals surface area contributed by atoms with Gasteiger partial charge in [0.25, 0.3) is 0 Å². The molecule has 0 atom stereocenters. The van der Waals surface area contributed by atoms with Crippen molar-refractivity contribution in [3.63, 3.8) is 0 Å². The first-order chi connectivity index (χ1) is 13.9. The van der Waals surface area contributed by atoms with E-state index >= 15 is 0 Å². The molecule has 29 heavy (non-hydrogen) atoms. The fraction of sp³-hybridized carbons (Fsp3) is 0.450. The molecule has 0 radical (unpaired) electrons. The number of anilines is 2. The van der Waals surface area contributed by atoms with Crippen LogP contribution in [0.5, 0.6) is 0 Å². The number of benzene rings is 1. The second kappa shape index (κ2) is 9.32. The minimum absolute atomic E-state index is 0.0608. The van der Waals surface area contributed by atoms with Gasteiger partial charge < -0.3 is 14.6 Å². The molecule has 0 bridgehead atoms. The Labute approximate surface area is 171 Å². The molecule has 1 aliphatic heterocycles. The number of sulfonamides is 1. The van der Waals surface area contributed by atoms with E-state index in [1.165, 1.54) is 0 Å². The van der Waals surface area contributed by atoms with E-state index in [0.29, 0.717) is 36.4 Å². The van der Waals surface area contributed by atoms with Crippen LogP contribution in [0.3, 0.4) is 0 Å². The summed E-state index contributed by atoms with van der Waals surface area (Å²) in [6.45, 7) is 7.12. The zero-order chi connectivity index (χ0) is 20.9. The Morgan fingerprint density at radius 1 is 1.10 bits per heavy atom. The summed E-state index contributed by atoms with van der Waals surface area (Å²) in [5, 5.41) is 2.91. The summed E-state index contributed by atoms with van der Waals surface area (Å²) in [7, 11) is -3.39. The van der Waals surface area contributed by atoms with Gasteiger partial charge in [0.05, 0.1) is 24.2 Å². The molecule has 1 aliphatic rings. The molecule has 158 valence electrons. The predicted octanol–water partition coefficient (Wildman–Crippen LogP) is 3.09. The van der Waals surface area contributed by atoms with Crippen LogP contribution in [0.4, 0.5) is 16.2 Å². The number of carbonyl (C=O) groups is 1. The average molecular weight is 421 g/mol. The third-order valence-electron chi connectivity index (χ3n) is 4.93. The maximum atomic E-state index is 12.7. The molecule has 2 aromatic rings. The number of urea groups is 1. The molecular weight excluding hydrogens is 392 g/mol. The van der Waals surface area contributed by atoms with E-state index in [0.717, 1.165) is 25.4 Å². The summed E-state index contributed by atoms with van der Waals surface area (Å²) >= 11 is 0. The van der Waals surface area contributed by atoms with Gasteiger partial charge in [-0.15, -0.1) is 0 Å². The Morgan fingerprint density at radius 3 is 2.48 bits per heavy atom. The molecule has 1 aromatic carbocycles. The van der Waals surface area contributed by atoms with Crippen LogP contribution in [-0.2, 0) is 16.6 Å². The highest BCUT2D eigenvalue weighted by molar-refractivity contribution is 7.92. The zero-order valence-corrected chi connectivity index (χ0v) is 17.7. The molecule has 2 heterocycles. The zero-order valence-electron chi connectivity index (χ0n) is 16.8. The summed E-state index contributed by atoms with van der Waals surface area (Å²) in [6, 6.07) is 8.85. The number of hydrogen-bond donors (Lipinski definition) is 2. The molecule has 1 saturated heterocycles. The first-order valence-corrected chi connectivity index (χ1v) is 11.4. The molecule has 0 unspecified atom stereocenters. The van der Waals surface area contributed by atoms with E-state index in [4.69, 9.17) is 4.42 Å². The molecule has 2 amide bonds. The van der Waals surface area contributed by atoms with E-state index in [2.05, 4.69) is 14.9 Å². The molecule has 1 fully saturated rings. The molecule has 2 N–H and O–H groups in total. The van der Waals surface area contributed by atoms with Gasteiger partial charge in [-0.2, -0.15) is 0 Å². The number of nitrogens with one attached hydrogen (secondary N) is 2. The minimum atomic E-state index is -3.39. The van der Waals surface area contributed by atoms with Gasteiger partial charge in [-0.1, -0.05) is 13.0 Å². The second-order valence-corrected chi connectivity index (χ2v) is 9.01. The highest BCUT2D eigenvalue weighted by atomic mass is 32.2. The predicted molar refractivity (Wildman–Crippen MR) is 113 cm³/mol.